The van der Waals surface area contributed by atoms with Crippen LogP contribution in [0.3, 0.4) is 0 Å². The third kappa shape index (κ3) is 4.04. The second kappa shape index (κ2) is 7.54. The number of carbonyl (C=O) groups excluding carboxylic acids is 1. The molecule has 0 N–H and O–H groups in total. The highest BCUT2D eigenvalue weighted by atomic mass is 16.5. The summed E-state index contributed by atoms with van der Waals surface area (Å²) < 4.78 is 7.12. The zero-order chi connectivity index (χ0) is 18.8. The molecule has 0 spiro atoms. The second-order valence-corrected chi connectivity index (χ2v) is 7.12. The van der Waals surface area contributed by atoms with Gasteiger partial charge in [-0.05, 0) is 24.4 Å². The molecule has 0 saturated carbocycles. The van der Waals surface area contributed by atoms with E-state index in [0.29, 0.717) is 26.2 Å². The summed E-state index contributed by atoms with van der Waals surface area (Å²) in [4.78, 5) is 19.2. The lowest BCUT2D eigenvalue weighted by molar-refractivity contribution is -0.121. The van der Waals surface area contributed by atoms with Crippen LogP contribution in [0.2, 0.25) is 0 Å². The fourth-order valence-electron chi connectivity index (χ4n) is 3.40. The van der Waals surface area contributed by atoms with Crippen LogP contribution in [0.4, 0.5) is 0 Å². The molecule has 1 aliphatic heterocycles. The van der Waals surface area contributed by atoms with Crippen LogP contribution in [0.25, 0.3) is 22.0 Å². The summed E-state index contributed by atoms with van der Waals surface area (Å²) in [6.45, 7) is 4.72. The van der Waals surface area contributed by atoms with Crippen molar-refractivity contribution in [2.24, 2.45) is 7.05 Å². The van der Waals surface area contributed by atoms with Gasteiger partial charge in [-0.25, -0.2) is 0 Å². The number of carbonyl (C=O) groups is 1. The fraction of sp³-hybridized carbons (Fsp3) is 0.400. The van der Waals surface area contributed by atoms with Gasteiger partial charge in [-0.2, -0.15) is 0 Å². The lowest BCUT2D eigenvalue weighted by Crippen LogP contribution is -2.46. The Morgan fingerprint density at radius 2 is 2.19 bits per heavy atom. The van der Waals surface area contributed by atoms with Crippen molar-refractivity contribution in [1.82, 2.24) is 24.9 Å². The van der Waals surface area contributed by atoms with Gasteiger partial charge in [0.1, 0.15) is 5.69 Å². The number of fused-ring (bicyclic) bond motifs is 1. The largest absolute Gasteiger partial charge is 0.379 e. The van der Waals surface area contributed by atoms with E-state index >= 15 is 0 Å². The summed E-state index contributed by atoms with van der Waals surface area (Å²) in [5, 5.41) is 10.2. The van der Waals surface area contributed by atoms with Gasteiger partial charge in [0.05, 0.1) is 32.4 Å². The van der Waals surface area contributed by atoms with Crippen LogP contribution in [0.15, 0.2) is 36.7 Å². The molecule has 1 fully saturated rings. The molecule has 0 amide bonds. The average molecular weight is 365 g/mol. The van der Waals surface area contributed by atoms with E-state index in [9.17, 15) is 4.79 Å². The molecule has 0 bridgehead atoms. The number of pyridine rings is 1. The number of ketones is 1. The summed E-state index contributed by atoms with van der Waals surface area (Å²) in [5.41, 5.74) is 2.63. The maximum absolute atomic E-state index is 12.5. The van der Waals surface area contributed by atoms with Gasteiger partial charge in [-0.3, -0.25) is 19.4 Å². The van der Waals surface area contributed by atoms with Crippen LogP contribution in [-0.2, 0) is 23.0 Å². The number of hydrogen-bond acceptors (Lipinski definition) is 6. The molecule has 1 aromatic carbocycles. The summed E-state index contributed by atoms with van der Waals surface area (Å²) in [6.07, 6.45) is 4.06. The maximum Gasteiger partial charge on any atom is 0.152 e. The molecule has 1 atom stereocenters. The Morgan fingerprint density at radius 1 is 1.30 bits per heavy atom. The predicted molar refractivity (Wildman–Crippen MR) is 102 cm³/mol. The maximum atomic E-state index is 12.5. The minimum Gasteiger partial charge on any atom is -0.379 e. The molecule has 4 rings (SSSR count). The van der Waals surface area contributed by atoms with Gasteiger partial charge in [-0.15, -0.1) is 5.10 Å². The molecule has 1 saturated heterocycles. The van der Waals surface area contributed by atoms with Crippen LogP contribution in [0.5, 0.6) is 0 Å². The van der Waals surface area contributed by atoms with Crippen molar-refractivity contribution in [3.8, 4) is 11.3 Å². The number of benzene rings is 1. The molecule has 2 aromatic heterocycles. The highest BCUT2D eigenvalue weighted by molar-refractivity contribution is 5.88. The molecule has 7 nitrogen and oxygen atoms in total. The molecule has 0 radical (unpaired) electrons. The van der Waals surface area contributed by atoms with Crippen molar-refractivity contribution < 1.29 is 9.53 Å². The Hall–Kier alpha value is -2.64. The lowest BCUT2D eigenvalue weighted by atomic mass is 10.0. The van der Waals surface area contributed by atoms with Crippen molar-refractivity contribution in [3.05, 3.63) is 42.4 Å². The third-order valence-corrected chi connectivity index (χ3v) is 4.94. The molecular formula is C20H23N5O2. The SMILES string of the molecule is C[C@@H]1COCCN1CC(=O)Cc1cc2cc(-c3cn(C)nn3)ccc2cn1. The summed E-state index contributed by atoms with van der Waals surface area (Å²) in [7, 11) is 1.85. The number of rotatable bonds is 5. The Kier molecular flexibility index (Phi) is 4.96. The third-order valence-electron chi connectivity index (χ3n) is 4.94. The molecular weight excluding hydrogens is 342 g/mol. The van der Waals surface area contributed by atoms with Crippen molar-refractivity contribution in [2.75, 3.05) is 26.3 Å². The van der Waals surface area contributed by atoms with Crippen molar-refractivity contribution in [2.45, 2.75) is 19.4 Å². The first-order valence-electron chi connectivity index (χ1n) is 9.17. The number of nitrogens with zero attached hydrogens (tertiary/aromatic N) is 5. The van der Waals surface area contributed by atoms with Gasteiger partial charge in [0, 0.05) is 42.5 Å². The normalized spacial score (nSPS) is 18.1. The molecule has 3 heterocycles. The van der Waals surface area contributed by atoms with E-state index in [4.69, 9.17) is 4.74 Å². The zero-order valence-corrected chi connectivity index (χ0v) is 15.6. The Labute approximate surface area is 157 Å². The van der Waals surface area contributed by atoms with E-state index in [0.717, 1.165) is 34.3 Å². The van der Waals surface area contributed by atoms with Crippen LogP contribution in [-0.4, -0.2) is 63.0 Å². The first-order valence-corrected chi connectivity index (χ1v) is 9.17. The van der Waals surface area contributed by atoms with Crippen molar-refractivity contribution in [3.63, 3.8) is 0 Å². The van der Waals surface area contributed by atoms with Gasteiger partial charge < -0.3 is 4.74 Å². The second-order valence-electron chi connectivity index (χ2n) is 7.12. The number of Topliss-reactive ketones (excluding diaryl/α,β-unsaturated/α-hetero) is 1. The number of aryl methyl sites for hydroxylation is 1. The van der Waals surface area contributed by atoms with Crippen LogP contribution in [0.1, 0.15) is 12.6 Å². The van der Waals surface area contributed by atoms with E-state index in [1.54, 1.807) is 4.68 Å². The van der Waals surface area contributed by atoms with E-state index in [-0.39, 0.29) is 11.8 Å². The van der Waals surface area contributed by atoms with Crippen LogP contribution in [0, 0.1) is 0 Å². The first kappa shape index (κ1) is 17.8. The van der Waals surface area contributed by atoms with Gasteiger partial charge in [0.2, 0.25) is 0 Å². The minimum atomic E-state index is 0.181. The highest BCUT2D eigenvalue weighted by Crippen LogP contribution is 2.23. The molecule has 27 heavy (non-hydrogen) atoms. The van der Waals surface area contributed by atoms with Gasteiger partial charge in [0.25, 0.3) is 0 Å². The van der Waals surface area contributed by atoms with Crippen molar-refractivity contribution in [1.29, 1.82) is 0 Å². The number of morpholine rings is 1. The molecule has 1 aliphatic rings. The molecule has 140 valence electrons. The van der Waals surface area contributed by atoms with Crippen molar-refractivity contribution >= 4 is 16.6 Å². The van der Waals surface area contributed by atoms with E-state index in [1.807, 2.05) is 37.6 Å². The van der Waals surface area contributed by atoms with E-state index in [2.05, 4.69) is 33.2 Å². The number of hydrogen-bond donors (Lipinski definition) is 0. The molecule has 0 aliphatic carbocycles. The summed E-state index contributed by atoms with van der Waals surface area (Å²) in [5.74, 6) is 0.181. The standard InChI is InChI=1S/C20H23N5O2/c1-14-13-27-6-5-25(14)11-19(26)9-18-8-17-7-15(3-4-16(17)10-21-18)20-12-24(2)23-22-20/h3-4,7-8,10,12,14H,5-6,9,11,13H2,1-2H3/t14-/m1/s1. The van der Waals surface area contributed by atoms with E-state index < -0.39 is 0 Å². The molecule has 7 heteroatoms. The lowest BCUT2D eigenvalue weighted by Gasteiger charge is -2.32. The number of ether oxygens (including phenoxy) is 1. The van der Waals surface area contributed by atoms with E-state index in [1.165, 1.54) is 0 Å². The van der Waals surface area contributed by atoms with Crippen LogP contribution < -0.4 is 0 Å². The number of aromatic nitrogens is 4. The minimum absolute atomic E-state index is 0.181. The highest BCUT2D eigenvalue weighted by Gasteiger charge is 2.21. The molecule has 0 unspecified atom stereocenters. The Bertz CT molecular complexity index is 968. The quantitative estimate of drug-likeness (QED) is 0.687. The zero-order valence-electron chi connectivity index (χ0n) is 15.6. The fourth-order valence-corrected chi connectivity index (χ4v) is 3.40. The summed E-state index contributed by atoms with van der Waals surface area (Å²) >= 11 is 0. The summed E-state index contributed by atoms with van der Waals surface area (Å²) in [6, 6.07) is 8.38. The average Bonchev–Trinajstić information content (AvgIpc) is 3.09. The van der Waals surface area contributed by atoms with Gasteiger partial charge in [0.15, 0.2) is 5.78 Å². The Balaban J connectivity index is 1.51. The van der Waals surface area contributed by atoms with Gasteiger partial charge >= 0.3 is 0 Å². The van der Waals surface area contributed by atoms with Crippen LogP contribution >= 0.6 is 0 Å². The molecule has 3 aromatic rings. The smallest absolute Gasteiger partial charge is 0.152 e. The first-order chi connectivity index (χ1) is 13.1. The Morgan fingerprint density at radius 3 is 2.96 bits per heavy atom. The van der Waals surface area contributed by atoms with Gasteiger partial charge in [-0.1, -0.05) is 17.3 Å². The predicted octanol–water partition coefficient (Wildman–Crippen LogP) is 1.86. The topological polar surface area (TPSA) is 73.1 Å². The monoisotopic (exact) mass is 365 g/mol.